The number of rotatable bonds is 2. The van der Waals surface area contributed by atoms with Crippen LogP contribution in [-0.4, -0.2) is 12.5 Å². The van der Waals surface area contributed by atoms with Gasteiger partial charge in [-0.3, -0.25) is 4.79 Å². The summed E-state index contributed by atoms with van der Waals surface area (Å²) in [6.07, 6.45) is 1.00. The Labute approximate surface area is 114 Å². The van der Waals surface area contributed by atoms with E-state index in [0.717, 1.165) is 18.7 Å². The average molecular weight is 269 g/mol. The molecule has 2 heterocycles. The third kappa shape index (κ3) is 2.18. The van der Waals surface area contributed by atoms with Crippen molar-refractivity contribution in [2.75, 3.05) is 17.2 Å². The van der Waals surface area contributed by atoms with E-state index >= 15 is 0 Å². The number of hydrogen-bond acceptors (Lipinski definition) is 4. The minimum atomic E-state index is -0.185. The van der Waals surface area contributed by atoms with Crippen LogP contribution in [0.1, 0.15) is 21.5 Å². The van der Waals surface area contributed by atoms with Gasteiger partial charge in [0.25, 0.3) is 5.91 Å². The molecule has 19 heavy (non-hydrogen) atoms. The average Bonchev–Trinajstić information content (AvgIpc) is 3.05. The second-order valence-corrected chi connectivity index (χ2v) is 5.19. The van der Waals surface area contributed by atoms with Gasteiger partial charge in [-0.15, -0.1) is 11.3 Å². The normalized spacial score (nSPS) is 12.4. The van der Waals surface area contributed by atoms with Gasteiger partial charge in [0.2, 0.25) is 0 Å². The van der Waals surface area contributed by atoms with Crippen LogP contribution in [0.15, 0.2) is 29.6 Å². The maximum absolute atomic E-state index is 12.1. The molecule has 1 amide bonds. The van der Waals surface area contributed by atoms with Gasteiger partial charge in [0.1, 0.15) is 11.1 Å². The Hall–Kier alpha value is -2.32. The SMILES string of the molecule is N#Cc1ccsc1NC(=O)c1ccc2c(c1)NCC2. The fraction of sp³-hybridized carbons (Fsp3) is 0.143. The first-order chi connectivity index (χ1) is 9.28. The van der Waals surface area contributed by atoms with E-state index < -0.39 is 0 Å². The molecule has 1 aromatic heterocycles. The van der Waals surface area contributed by atoms with Crippen molar-refractivity contribution in [2.24, 2.45) is 0 Å². The van der Waals surface area contributed by atoms with Crippen molar-refractivity contribution in [3.63, 3.8) is 0 Å². The van der Waals surface area contributed by atoms with E-state index in [1.54, 1.807) is 11.4 Å². The molecule has 0 aliphatic carbocycles. The van der Waals surface area contributed by atoms with Gasteiger partial charge in [0.15, 0.2) is 0 Å². The van der Waals surface area contributed by atoms with Crippen LogP contribution in [0.4, 0.5) is 10.7 Å². The van der Waals surface area contributed by atoms with Gasteiger partial charge in [-0.05, 0) is 35.6 Å². The van der Waals surface area contributed by atoms with Crippen LogP contribution < -0.4 is 10.6 Å². The Kier molecular flexibility index (Phi) is 2.94. The van der Waals surface area contributed by atoms with Crippen molar-refractivity contribution in [1.82, 2.24) is 0 Å². The molecule has 1 aliphatic heterocycles. The van der Waals surface area contributed by atoms with Crippen LogP contribution in [-0.2, 0) is 6.42 Å². The van der Waals surface area contributed by atoms with Gasteiger partial charge in [0.05, 0.1) is 5.56 Å². The molecule has 3 rings (SSSR count). The maximum atomic E-state index is 12.1. The molecule has 2 N–H and O–H groups in total. The summed E-state index contributed by atoms with van der Waals surface area (Å²) in [5.41, 5.74) is 3.37. The van der Waals surface area contributed by atoms with Crippen LogP contribution in [0.2, 0.25) is 0 Å². The van der Waals surface area contributed by atoms with Crippen molar-refractivity contribution in [3.8, 4) is 6.07 Å². The number of nitrogens with zero attached hydrogens (tertiary/aromatic N) is 1. The number of carbonyl (C=O) groups is 1. The number of carbonyl (C=O) groups excluding carboxylic acids is 1. The lowest BCUT2D eigenvalue weighted by Gasteiger charge is -2.06. The fourth-order valence-electron chi connectivity index (χ4n) is 2.10. The highest BCUT2D eigenvalue weighted by atomic mass is 32.1. The Morgan fingerprint density at radius 1 is 1.42 bits per heavy atom. The summed E-state index contributed by atoms with van der Waals surface area (Å²) in [5, 5.41) is 17.3. The maximum Gasteiger partial charge on any atom is 0.256 e. The Bertz CT molecular complexity index is 684. The van der Waals surface area contributed by atoms with Crippen molar-refractivity contribution >= 4 is 27.9 Å². The van der Waals surface area contributed by atoms with E-state index in [9.17, 15) is 4.79 Å². The van der Waals surface area contributed by atoms with Crippen molar-refractivity contribution in [3.05, 3.63) is 46.3 Å². The van der Waals surface area contributed by atoms with E-state index in [1.165, 1.54) is 16.9 Å². The Morgan fingerprint density at radius 3 is 3.16 bits per heavy atom. The third-order valence-corrected chi connectivity index (χ3v) is 3.92. The molecular formula is C14H11N3OS. The fourth-order valence-corrected chi connectivity index (χ4v) is 2.83. The van der Waals surface area contributed by atoms with E-state index in [0.29, 0.717) is 16.1 Å². The highest BCUT2D eigenvalue weighted by Crippen LogP contribution is 2.26. The minimum Gasteiger partial charge on any atom is -0.384 e. The summed E-state index contributed by atoms with van der Waals surface area (Å²) >= 11 is 1.35. The van der Waals surface area contributed by atoms with Crippen LogP contribution in [0.5, 0.6) is 0 Å². The van der Waals surface area contributed by atoms with Gasteiger partial charge in [-0.25, -0.2) is 0 Å². The lowest BCUT2D eigenvalue weighted by atomic mass is 10.1. The van der Waals surface area contributed by atoms with Gasteiger partial charge in [-0.2, -0.15) is 5.26 Å². The summed E-state index contributed by atoms with van der Waals surface area (Å²) in [5.74, 6) is -0.185. The number of thiophene rings is 1. The zero-order chi connectivity index (χ0) is 13.2. The molecule has 1 aliphatic rings. The van der Waals surface area contributed by atoms with Crippen molar-refractivity contribution < 1.29 is 4.79 Å². The summed E-state index contributed by atoms with van der Waals surface area (Å²) in [4.78, 5) is 12.1. The first kappa shape index (κ1) is 11.8. The quantitative estimate of drug-likeness (QED) is 0.881. The van der Waals surface area contributed by atoms with E-state index in [-0.39, 0.29) is 5.91 Å². The zero-order valence-electron chi connectivity index (χ0n) is 10.1. The number of benzene rings is 1. The number of hydrogen-bond donors (Lipinski definition) is 2. The summed E-state index contributed by atoms with van der Waals surface area (Å²) in [6, 6.07) is 9.41. The van der Waals surface area contributed by atoms with E-state index in [4.69, 9.17) is 5.26 Å². The number of nitrogens with one attached hydrogen (secondary N) is 2. The lowest BCUT2D eigenvalue weighted by Crippen LogP contribution is -2.11. The molecular weight excluding hydrogens is 258 g/mol. The molecule has 1 aromatic carbocycles. The standard InChI is InChI=1S/C14H11N3OS/c15-8-11-4-6-19-14(11)17-13(18)10-2-1-9-3-5-16-12(9)7-10/h1-2,4,6-7,16H,3,5H2,(H,17,18). The van der Waals surface area contributed by atoms with Gasteiger partial charge >= 0.3 is 0 Å². The molecule has 0 radical (unpaired) electrons. The second kappa shape index (κ2) is 4.75. The number of anilines is 2. The third-order valence-electron chi connectivity index (χ3n) is 3.09. The predicted octanol–water partition coefficient (Wildman–Crippen LogP) is 2.84. The summed E-state index contributed by atoms with van der Waals surface area (Å²) < 4.78 is 0. The molecule has 2 aromatic rings. The summed E-state index contributed by atoms with van der Waals surface area (Å²) in [6.45, 7) is 0.921. The van der Waals surface area contributed by atoms with E-state index in [2.05, 4.69) is 16.7 Å². The van der Waals surface area contributed by atoms with Crippen LogP contribution in [0, 0.1) is 11.3 Å². The van der Waals surface area contributed by atoms with Crippen LogP contribution in [0.25, 0.3) is 0 Å². The molecule has 0 spiro atoms. The highest BCUT2D eigenvalue weighted by Gasteiger charge is 2.14. The van der Waals surface area contributed by atoms with Crippen LogP contribution >= 0.6 is 11.3 Å². The zero-order valence-corrected chi connectivity index (χ0v) is 10.9. The van der Waals surface area contributed by atoms with E-state index in [1.807, 2.05) is 18.2 Å². The Balaban J connectivity index is 1.83. The smallest absolute Gasteiger partial charge is 0.256 e. The topological polar surface area (TPSA) is 64.9 Å². The highest BCUT2D eigenvalue weighted by molar-refractivity contribution is 7.14. The monoisotopic (exact) mass is 269 g/mol. The number of fused-ring (bicyclic) bond motifs is 1. The predicted molar refractivity (Wildman–Crippen MR) is 75.6 cm³/mol. The van der Waals surface area contributed by atoms with Gasteiger partial charge in [0, 0.05) is 17.8 Å². The minimum absolute atomic E-state index is 0.185. The van der Waals surface area contributed by atoms with Crippen molar-refractivity contribution in [1.29, 1.82) is 5.26 Å². The lowest BCUT2D eigenvalue weighted by molar-refractivity contribution is 0.102. The molecule has 0 atom stereocenters. The largest absolute Gasteiger partial charge is 0.384 e. The Morgan fingerprint density at radius 2 is 2.32 bits per heavy atom. The molecule has 0 bridgehead atoms. The molecule has 0 saturated heterocycles. The molecule has 5 heteroatoms. The van der Waals surface area contributed by atoms with Gasteiger partial charge in [-0.1, -0.05) is 6.07 Å². The number of amides is 1. The second-order valence-electron chi connectivity index (χ2n) is 4.28. The number of nitriles is 1. The van der Waals surface area contributed by atoms with Gasteiger partial charge < -0.3 is 10.6 Å². The molecule has 0 unspecified atom stereocenters. The molecule has 4 nitrogen and oxygen atoms in total. The van der Waals surface area contributed by atoms with Crippen LogP contribution in [0.3, 0.4) is 0 Å². The first-order valence-corrected chi connectivity index (χ1v) is 6.81. The van der Waals surface area contributed by atoms with Crippen molar-refractivity contribution in [2.45, 2.75) is 6.42 Å². The first-order valence-electron chi connectivity index (χ1n) is 5.93. The molecule has 94 valence electrons. The summed E-state index contributed by atoms with van der Waals surface area (Å²) in [7, 11) is 0. The molecule has 0 fully saturated rings. The molecule has 0 saturated carbocycles.